The van der Waals surface area contributed by atoms with Gasteiger partial charge in [0.25, 0.3) is 0 Å². The van der Waals surface area contributed by atoms with Gasteiger partial charge < -0.3 is 15.0 Å². The number of rotatable bonds is 5. The molecular formula is C16H22N2O3. The molecule has 0 saturated carbocycles. The zero-order chi connectivity index (χ0) is 15.4. The van der Waals surface area contributed by atoms with Crippen molar-refractivity contribution in [1.29, 1.82) is 0 Å². The first-order valence-electron chi connectivity index (χ1n) is 7.34. The molecule has 0 unspecified atom stereocenters. The van der Waals surface area contributed by atoms with E-state index in [4.69, 9.17) is 4.74 Å². The highest BCUT2D eigenvalue weighted by molar-refractivity contribution is 5.97. The normalized spacial score (nSPS) is 18.2. The Balaban J connectivity index is 1.94. The van der Waals surface area contributed by atoms with Crippen LogP contribution in [-0.4, -0.2) is 35.9 Å². The Labute approximate surface area is 125 Å². The number of benzene rings is 1. The molecule has 2 amide bonds. The molecule has 1 N–H and O–H groups in total. The molecule has 0 radical (unpaired) electrons. The summed E-state index contributed by atoms with van der Waals surface area (Å²) >= 11 is 0. The summed E-state index contributed by atoms with van der Waals surface area (Å²) in [6, 6.07) is 7.39. The van der Waals surface area contributed by atoms with E-state index >= 15 is 0 Å². The second kappa shape index (κ2) is 6.61. The third kappa shape index (κ3) is 3.74. The van der Waals surface area contributed by atoms with Crippen molar-refractivity contribution in [3.8, 4) is 5.75 Å². The minimum atomic E-state index is -0.272. The molecule has 21 heavy (non-hydrogen) atoms. The molecule has 1 heterocycles. The van der Waals surface area contributed by atoms with Gasteiger partial charge in [0.1, 0.15) is 5.75 Å². The first kappa shape index (κ1) is 15.4. The quantitative estimate of drug-likeness (QED) is 0.905. The van der Waals surface area contributed by atoms with Gasteiger partial charge in [0.15, 0.2) is 0 Å². The Bertz CT molecular complexity index is 511. The number of nitrogens with zero attached hydrogens (tertiary/aromatic N) is 1. The first-order valence-corrected chi connectivity index (χ1v) is 7.34. The molecule has 1 saturated heterocycles. The number of amides is 2. The lowest BCUT2D eigenvalue weighted by Crippen LogP contribution is -2.33. The summed E-state index contributed by atoms with van der Waals surface area (Å²) in [7, 11) is 0. The van der Waals surface area contributed by atoms with E-state index < -0.39 is 0 Å². The molecule has 114 valence electrons. The molecule has 5 nitrogen and oxygen atoms in total. The largest absolute Gasteiger partial charge is 0.494 e. The number of hydrogen-bond acceptors (Lipinski definition) is 3. The zero-order valence-corrected chi connectivity index (χ0v) is 12.8. The summed E-state index contributed by atoms with van der Waals surface area (Å²) in [6.07, 6.45) is 0.293. The van der Waals surface area contributed by atoms with Crippen molar-refractivity contribution in [2.24, 2.45) is 5.92 Å². The van der Waals surface area contributed by atoms with Crippen LogP contribution in [0.3, 0.4) is 0 Å². The summed E-state index contributed by atoms with van der Waals surface area (Å²) in [5, 5.41) is 2.86. The van der Waals surface area contributed by atoms with E-state index in [-0.39, 0.29) is 23.8 Å². The van der Waals surface area contributed by atoms with Crippen molar-refractivity contribution in [1.82, 2.24) is 4.90 Å². The predicted molar refractivity (Wildman–Crippen MR) is 81.2 cm³/mol. The summed E-state index contributed by atoms with van der Waals surface area (Å²) in [5.41, 5.74) is 0.721. The fourth-order valence-corrected chi connectivity index (χ4v) is 2.45. The van der Waals surface area contributed by atoms with Crippen LogP contribution in [0.25, 0.3) is 0 Å². The molecule has 1 aromatic rings. The summed E-state index contributed by atoms with van der Waals surface area (Å²) in [5.74, 6) is 0.455. The predicted octanol–water partition coefficient (Wildman–Crippen LogP) is 2.28. The van der Waals surface area contributed by atoms with Gasteiger partial charge in [0.05, 0.1) is 12.5 Å². The van der Waals surface area contributed by atoms with Gasteiger partial charge in [-0.25, -0.2) is 0 Å². The van der Waals surface area contributed by atoms with E-state index in [2.05, 4.69) is 5.32 Å². The molecule has 2 rings (SSSR count). The Morgan fingerprint density at radius 1 is 1.38 bits per heavy atom. The lowest BCUT2D eigenvalue weighted by atomic mass is 10.1. The van der Waals surface area contributed by atoms with Crippen LogP contribution in [0.4, 0.5) is 5.69 Å². The van der Waals surface area contributed by atoms with E-state index in [0.29, 0.717) is 19.6 Å². The molecule has 0 bridgehead atoms. The van der Waals surface area contributed by atoms with Gasteiger partial charge in [-0.2, -0.15) is 0 Å². The van der Waals surface area contributed by atoms with E-state index in [0.717, 1.165) is 11.4 Å². The van der Waals surface area contributed by atoms with Crippen molar-refractivity contribution in [2.45, 2.75) is 33.2 Å². The van der Waals surface area contributed by atoms with Gasteiger partial charge in [-0.05, 0) is 45.0 Å². The van der Waals surface area contributed by atoms with Crippen LogP contribution in [0, 0.1) is 5.92 Å². The Kier molecular flexibility index (Phi) is 4.83. The van der Waals surface area contributed by atoms with E-state index in [9.17, 15) is 9.59 Å². The van der Waals surface area contributed by atoms with Gasteiger partial charge in [-0.3, -0.25) is 9.59 Å². The van der Waals surface area contributed by atoms with Crippen LogP contribution in [0.1, 0.15) is 27.2 Å². The number of nitrogens with one attached hydrogen (secondary N) is 1. The van der Waals surface area contributed by atoms with Crippen molar-refractivity contribution >= 4 is 17.5 Å². The van der Waals surface area contributed by atoms with Crippen molar-refractivity contribution < 1.29 is 14.3 Å². The van der Waals surface area contributed by atoms with Crippen LogP contribution < -0.4 is 10.1 Å². The first-order chi connectivity index (χ1) is 10.0. The third-order valence-corrected chi connectivity index (χ3v) is 3.59. The number of hydrogen-bond donors (Lipinski definition) is 1. The molecule has 1 aliphatic heterocycles. The topological polar surface area (TPSA) is 58.6 Å². The SMILES string of the molecule is CCOc1ccc(NC(=O)[C@H]2CC(=O)N(C(C)C)C2)cc1. The summed E-state index contributed by atoms with van der Waals surface area (Å²) in [4.78, 5) is 25.8. The average molecular weight is 290 g/mol. The number of likely N-dealkylation sites (tertiary alicyclic amines) is 1. The van der Waals surface area contributed by atoms with Gasteiger partial charge >= 0.3 is 0 Å². The summed E-state index contributed by atoms with van der Waals surface area (Å²) in [6.45, 7) is 6.96. The van der Waals surface area contributed by atoms with Crippen molar-refractivity contribution in [3.05, 3.63) is 24.3 Å². The van der Waals surface area contributed by atoms with Crippen LogP contribution in [-0.2, 0) is 9.59 Å². The van der Waals surface area contributed by atoms with Crippen molar-refractivity contribution in [2.75, 3.05) is 18.5 Å². The molecule has 5 heteroatoms. The maximum Gasteiger partial charge on any atom is 0.229 e. The van der Waals surface area contributed by atoms with Crippen LogP contribution in [0.5, 0.6) is 5.75 Å². The van der Waals surface area contributed by atoms with Gasteiger partial charge in [-0.1, -0.05) is 0 Å². The van der Waals surface area contributed by atoms with Crippen LogP contribution >= 0.6 is 0 Å². The molecule has 1 aromatic carbocycles. The molecule has 1 atom stereocenters. The third-order valence-electron chi connectivity index (χ3n) is 3.59. The van der Waals surface area contributed by atoms with Crippen molar-refractivity contribution in [3.63, 3.8) is 0 Å². The second-order valence-electron chi connectivity index (χ2n) is 5.49. The van der Waals surface area contributed by atoms with Crippen LogP contribution in [0.15, 0.2) is 24.3 Å². The number of anilines is 1. The van der Waals surface area contributed by atoms with E-state index in [1.807, 2.05) is 32.9 Å². The number of carbonyl (C=O) groups is 2. The Morgan fingerprint density at radius 2 is 2.05 bits per heavy atom. The Hall–Kier alpha value is -2.04. The van der Waals surface area contributed by atoms with Gasteiger partial charge in [-0.15, -0.1) is 0 Å². The molecule has 0 aromatic heterocycles. The van der Waals surface area contributed by atoms with Gasteiger partial charge in [0.2, 0.25) is 11.8 Å². The molecule has 0 aliphatic carbocycles. The smallest absolute Gasteiger partial charge is 0.229 e. The fourth-order valence-electron chi connectivity index (χ4n) is 2.45. The molecule has 1 aliphatic rings. The average Bonchev–Trinajstić information content (AvgIpc) is 2.84. The molecular weight excluding hydrogens is 268 g/mol. The molecule has 1 fully saturated rings. The highest BCUT2D eigenvalue weighted by atomic mass is 16.5. The fraction of sp³-hybridized carbons (Fsp3) is 0.500. The second-order valence-corrected chi connectivity index (χ2v) is 5.49. The minimum absolute atomic E-state index is 0.0526. The zero-order valence-electron chi connectivity index (χ0n) is 12.8. The molecule has 0 spiro atoms. The minimum Gasteiger partial charge on any atom is -0.494 e. The monoisotopic (exact) mass is 290 g/mol. The van der Waals surface area contributed by atoms with Crippen LogP contribution in [0.2, 0.25) is 0 Å². The van der Waals surface area contributed by atoms with Gasteiger partial charge in [0, 0.05) is 24.7 Å². The van der Waals surface area contributed by atoms with E-state index in [1.165, 1.54) is 0 Å². The summed E-state index contributed by atoms with van der Waals surface area (Å²) < 4.78 is 5.36. The standard InChI is InChI=1S/C16H22N2O3/c1-4-21-14-7-5-13(6-8-14)17-16(20)12-9-15(19)18(10-12)11(2)3/h5-8,11-12H,4,9-10H2,1-3H3,(H,17,20)/t12-/m0/s1. The highest BCUT2D eigenvalue weighted by Crippen LogP contribution is 2.22. The highest BCUT2D eigenvalue weighted by Gasteiger charge is 2.35. The lowest BCUT2D eigenvalue weighted by Gasteiger charge is -2.20. The Morgan fingerprint density at radius 3 is 2.57 bits per heavy atom. The van der Waals surface area contributed by atoms with E-state index in [1.54, 1.807) is 17.0 Å². The number of ether oxygens (including phenoxy) is 1. The lowest BCUT2D eigenvalue weighted by molar-refractivity contribution is -0.129. The maximum atomic E-state index is 12.2. The number of carbonyl (C=O) groups excluding carboxylic acids is 2. The maximum absolute atomic E-state index is 12.2.